The Kier molecular flexibility index (Phi) is 5.50. The summed E-state index contributed by atoms with van der Waals surface area (Å²) < 4.78 is 0. The summed E-state index contributed by atoms with van der Waals surface area (Å²) in [4.78, 5) is 17.8. The third-order valence-corrected chi connectivity index (χ3v) is 4.84. The molecule has 0 bridgehead atoms. The van der Waals surface area contributed by atoms with Crippen molar-refractivity contribution >= 4 is 23.1 Å². The Morgan fingerprint density at radius 2 is 2.30 bits per heavy atom. The highest BCUT2D eigenvalue weighted by Crippen LogP contribution is 2.25. The number of thiazole rings is 1. The Balaban J connectivity index is 2.83. The molecule has 1 aromatic rings. The Morgan fingerprint density at radius 3 is 2.75 bits per heavy atom. The van der Waals surface area contributed by atoms with Crippen LogP contribution in [0.3, 0.4) is 0 Å². The molecule has 112 valence electrons. The van der Waals surface area contributed by atoms with Gasteiger partial charge in [-0.15, -0.1) is 11.3 Å². The molecular formula is C13H22N4O2S. The molecule has 0 aliphatic carbocycles. The molecule has 2 atom stereocenters. The number of aryl methyl sites for hydroxylation is 1. The van der Waals surface area contributed by atoms with Gasteiger partial charge < -0.3 is 16.3 Å². The lowest BCUT2D eigenvalue weighted by molar-refractivity contribution is -0.127. The van der Waals surface area contributed by atoms with Crippen molar-refractivity contribution in [2.45, 2.75) is 46.6 Å². The minimum atomic E-state index is -1.02. The highest BCUT2D eigenvalue weighted by atomic mass is 32.1. The lowest BCUT2D eigenvalue weighted by Crippen LogP contribution is -2.48. The van der Waals surface area contributed by atoms with Crippen LogP contribution in [0.25, 0.3) is 0 Å². The molecule has 1 aromatic heterocycles. The molecule has 1 heterocycles. The topological polar surface area (TPSA) is 101 Å². The second-order valence-electron chi connectivity index (χ2n) is 4.88. The van der Waals surface area contributed by atoms with Crippen LogP contribution in [0.15, 0.2) is 11.4 Å². The summed E-state index contributed by atoms with van der Waals surface area (Å²) in [5.74, 6) is -0.353. The van der Waals surface area contributed by atoms with Gasteiger partial charge in [-0.3, -0.25) is 4.79 Å². The molecule has 0 spiro atoms. The van der Waals surface area contributed by atoms with Gasteiger partial charge in [0.05, 0.1) is 6.04 Å². The number of carbonyl (C=O) groups is 1. The van der Waals surface area contributed by atoms with Crippen molar-refractivity contribution in [3.05, 3.63) is 16.1 Å². The van der Waals surface area contributed by atoms with E-state index in [-0.39, 0.29) is 17.8 Å². The molecule has 0 aliphatic rings. The third kappa shape index (κ3) is 3.27. The van der Waals surface area contributed by atoms with E-state index in [9.17, 15) is 4.79 Å². The van der Waals surface area contributed by atoms with Crippen LogP contribution in [0, 0.1) is 5.41 Å². The van der Waals surface area contributed by atoms with E-state index in [0.29, 0.717) is 6.42 Å². The average molecular weight is 298 g/mol. The number of nitrogens with two attached hydrogens (primary N) is 1. The van der Waals surface area contributed by atoms with Crippen molar-refractivity contribution in [2.24, 2.45) is 16.3 Å². The third-order valence-electron chi connectivity index (χ3n) is 3.52. The van der Waals surface area contributed by atoms with Gasteiger partial charge in [-0.1, -0.05) is 19.0 Å². The highest BCUT2D eigenvalue weighted by molar-refractivity contribution is 7.11. The van der Waals surface area contributed by atoms with Crippen LogP contribution in [-0.2, 0) is 11.2 Å². The van der Waals surface area contributed by atoms with E-state index in [1.165, 1.54) is 4.88 Å². The van der Waals surface area contributed by atoms with E-state index in [2.05, 4.69) is 22.4 Å². The maximum atomic E-state index is 12.4. The van der Waals surface area contributed by atoms with E-state index < -0.39 is 5.41 Å². The molecule has 0 aromatic carbocycles. The summed E-state index contributed by atoms with van der Waals surface area (Å²) in [6.45, 7) is 7.41. The number of amidine groups is 1. The Hall–Kier alpha value is -1.63. The summed E-state index contributed by atoms with van der Waals surface area (Å²) in [5.41, 5.74) is 4.61. The van der Waals surface area contributed by atoms with Crippen molar-refractivity contribution in [1.29, 1.82) is 0 Å². The van der Waals surface area contributed by atoms with Gasteiger partial charge in [0.1, 0.15) is 10.4 Å². The molecule has 0 radical (unpaired) electrons. The number of amides is 1. The number of aromatic nitrogens is 1. The van der Waals surface area contributed by atoms with E-state index in [0.717, 1.165) is 11.4 Å². The van der Waals surface area contributed by atoms with Crippen LogP contribution in [0.2, 0.25) is 0 Å². The van der Waals surface area contributed by atoms with Crippen LogP contribution < -0.4 is 11.1 Å². The van der Waals surface area contributed by atoms with Gasteiger partial charge in [0.15, 0.2) is 5.84 Å². The standard InChI is InChI=1S/C13H22N4O2S/c1-5-9-7-15-10(20-9)8(3)16-12(18)13(4,6-2)11(14)17-19/h7-8,19H,5-6H2,1-4H3,(H2,14,17)(H,16,18). The fourth-order valence-electron chi connectivity index (χ4n) is 1.67. The van der Waals surface area contributed by atoms with E-state index in [4.69, 9.17) is 10.9 Å². The molecule has 20 heavy (non-hydrogen) atoms. The predicted molar refractivity (Wildman–Crippen MR) is 79.9 cm³/mol. The van der Waals surface area contributed by atoms with Crippen molar-refractivity contribution in [1.82, 2.24) is 10.3 Å². The number of hydrogen-bond donors (Lipinski definition) is 3. The fourth-order valence-corrected chi connectivity index (χ4v) is 2.53. The van der Waals surface area contributed by atoms with Crippen LogP contribution in [0.5, 0.6) is 0 Å². The largest absolute Gasteiger partial charge is 0.409 e. The lowest BCUT2D eigenvalue weighted by Gasteiger charge is -2.26. The zero-order valence-electron chi connectivity index (χ0n) is 12.3. The lowest BCUT2D eigenvalue weighted by atomic mass is 9.85. The molecule has 1 rings (SSSR count). The SMILES string of the molecule is CCc1cnc(C(C)NC(=O)C(C)(CC)C(N)=NO)s1. The van der Waals surface area contributed by atoms with Crippen LogP contribution in [-0.4, -0.2) is 21.9 Å². The number of rotatable bonds is 6. The molecule has 0 saturated heterocycles. The Morgan fingerprint density at radius 1 is 1.65 bits per heavy atom. The van der Waals surface area contributed by atoms with Gasteiger partial charge >= 0.3 is 0 Å². The van der Waals surface area contributed by atoms with Gasteiger partial charge in [-0.2, -0.15) is 0 Å². The predicted octanol–water partition coefficient (Wildman–Crippen LogP) is 2.05. The summed E-state index contributed by atoms with van der Waals surface area (Å²) in [7, 11) is 0. The molecule has 0 saturated carbocycles. The molecule has 4 N–H and O–H groups in total. The Labute approximate surface area is 123 Å². The summed E-state index contributed by atoms with van der Waals surface area (Å²) in [6, 6.07) is -0.204. The van der Waals surface area contributed by atoms with Gasteiger partial charge in [-0.25, -0.2) is 4.98 Å². The summed E-state index contributed by atoms with van der Waals surface area (Å²) in [5, 5.41) is 15.5. The Bertz CT molecular complexity index is 500. The molecule has 1 amide bonds. The van der Waals surface area contributed by atoms with Crippen LogP contribution in [0.4, 0.5) is 0 Å². The fraction of sp³-hybridized carbons (Fsp3) is 0.615. The number of hydrogen-bond acceptors (Lipinski definition) is 5. The van der Waals surface area contributed by atoms with Crippen LogP contribution in [0.1, 0.15) is 50.0 Å². The molecular weight excluding hydrogens is 276 g/mol. The van der Waals surface area contributed by atoms with Gasteiger partial charge in [0.2, 0.25) is 5.91 Å². The van der Waals surface area contributed by atoms with Crippen molar-refractivity contribution < 1.29 is 10.0 Å². The second-order valence-corrected chi connectivity index (χ2v) is 6.03. The zero-order valence-corrected chi connectivity index (χ0v) is 13.1. The van der Waals surface area contributed by atoms with Gasteiger partial charge in [0.25, 0.3) is 0 Å². The first-order valence-corrected chi connectivity index (χ1v) is 7.44. The van der Waals surface area contributed by atoms with Crippen molar-refractivity contribution in [2.75, 3.05) is 0 Å². The zero-order chi connectivity index (χ0) is 15.3. The maximum absolute atomic E-state index is 12.4. The number of oxime groups is 1. The molecule has 0 fully saturated rings. The monoisotopic (exact) mass is 298 g/mol. The van der Waals surface area contributed by atoms with Crippen molar-refractivity contribution in [3.8, 4) is 0 Å². The first kappa shape index (κ1) is 16.4. The first-order chi connectivity index (χ1) is 9.38. The molecule has 7 heteroatoms. The molecule has 2 unspecified atom stereocenters. The minimum Gasteiger partial charge on any atom is -0.409 e. The van der Waals surface area contributed by atoms with E-state index in [1.54, 1.807) is 18.3 Å². The quantitative estimate of drug-likeness (QED) is 0.324. The summed E-state index contributed by atoms with van der Waals surface area (Å²) in [6.07, 6.45) is 3.19. The smallest absolute Gasteiger partial charge is 0.234 e. The maximum Gasteiger partial charge on any atom is 0.234 e. The number of nitrogens with one attached hydrogen (secondary N) is 1. The van der Waals surface area contributed by atoms with E-state index >= 15 is 0 Å². The van der Waals surface area contributed by atoms with E-state index in [1.807, 2.05) is 20.0 Å². The van der Waals surface area contributed by atoms with Gasteiger partial charge in [0, 0.05) is 11.1 Å². The normalized spacial score (nSPS) is 16.5. The molecule has 6 nitrogen and oxygen atoms in total. The van der Waals surface area contributed by atoms with Gasteiger partial charge in [-0.05, 0) is 26.7 Å². The first-order valence-electron chi connectivity index (χ1n) is 6.62. The minimum absolute atomic E-state index is 0.0851. The second kappa shape index (κ2) is 6.69. The van der Waals surface area contributed by atoms with Crippen molar-refractivity contribution in [3.63, 3.8) is 0 Å². The number of carbonyl (C=O) groups excluding carboxylic acids is 1. The summed E-state index contributed by atoms with van der Waals surface area (Å²) >= 11 is 1.58. The highest BCUT2D eigenvalue weighted by Gasteiger charge is 2.37. The average Bonchev–Trinajstić information content (AvgIpc) is 2.94. The number of nitrogens with zero attached hydrogens (tertiary/aromatic N) is 2. The van der Waals surface area contributed by atoms with Crippen LogP contribution >= 0.6 is 11.3 Å². The molecule has 0 aliphatic heterocycles.